The monoisotopic (exact) mass is 444 g/mol. The van der Waals surface area contributed by atoms with Gasteiger partial charge in [-0.25, -0.2) is 8.42 Å². The highest BCUT2D eigenvalue weighted by atomic mass is 35.5. The summed E-state index contributed by atoms with van der Waals surface area (Å²) in [5.74, 6) is 0.0632. The van der Waals surface area contributed by atoms with Crippen LogP contribution in [-0.4, -0.2) is 28.0 Å². The standard InChI is InChI=1S/C22H21ClN2O4S/c1-15-18(23)9-6-10-19(15)25-22(26)14-24-20-12-11-16(29-2)13-21(20)30(27,28)17-7-4-3-5-8-17/h3-13,24H,14H2,1-2H3,(H,25,26). The van der Waals surface area contributed by atoms with Gasteiger partial charge in [0, 0.05) is 16.8 Å². The molecule has 0 aliphatic carbocycles. The first-order chi connectivity index (χ1) is 14.3. The predicted octanol–water partition coefficient (Wildman–Crippen LogP) is 4.54. The number of sulfone groups is 1. The van der Waals surface area contributed by atoms with E-state index >= 15 is 0 Å². The summed E-state index contributed by atoms with van der Waals surface area (Å²) in [7, 11) is -2.35. The molecule has 1 amide bonds. The van der Waals surface area contributed by atoms with Crippen molar-refractivity contribution in [3.05, 3.63) is 77.3 Å². The minimum atomic E-state index is -3.81. The molecule has 3 rings (SSSR count). The minimum absolute atomic E-state index is 0.0276. The van der Waals surface area contributed by atoms with Crippen LogP contribution in [-0.2, 0) is 14.6 Å². The number of halogens is 1. The Kier molecular flexibility index (Phi) is 6.64. The number of nitrogens with one attached hydrogen (secondary N) is 2. The molecule has 3 aromatic carbocycles. The van der Waals surface area contributed by atoms with Crippen LogP contribution in [0.15, 0.2) is 76.5 Å². The highest BCUT2D eigenvalue weighted by Gasteiger charge is 2.22. The van der Waals surface area contributed by atoms with Crippen molar-refractivity contribution in [2.75, 3.05) is 24.3 Å². The molecular formula is C22H21ClN2O4S. The Hall–Kier alpha value is -3.03. The quantitative estimate of drug-likeness (QED) is 0.558. The van der Waals surface area contributed by atoms with Gasteiger partial charge in [-0.15, -0.1) is 0 Å². The molecule has 3 aromatic rings. The van der Waals surface area contributed by atoms with E-state index in [0.717, 1.165) is 5.56 Å². The number of benzene rings is 3. The fraction of sp³-hybridized carbons (Fsp3) is 0.136. The van der Waals surface area contributed by atoms with Crippen molar-refractivity contribution in [3.63, 3.8) is 0 Å². The third kappa shape index (κ3) is 4.75. The average molecular weight is 445 g/mol. The molecule has 0 spiro atoms. The van der Waals surface area contributed by atoms with Crippen LogP contribution in [0.4, 0.5) is 11.4 Å². The van der Waals surface area contributed by atoms with Crippen LogP contribution in [0, 0.1) is 6.92 Å². The first kappa shape index (κ1) is 21.7. The highest BCUT2D eigenvalue weighted by Crippen LogP contribution is 2.31. The molecule has 0 saturated carbocycles. The number of amides is 1. The summed E-state index contributed by atoms with van der Waals surface area (Å²) in [5.41, 5.74) is 1.66. The van der Waals surface area contributed by atoms with Crippen LogP contribution in [0.5, 0.6) is 5.75 Å². The van der Waals surface area contributed by atoms with Gasteiger partial charge in [-0.05, 0) is 48.9 Å². The fourth-order valence-corrected chi connectivity index (χ4v) is 4.48. The Bertz CT molecular complexity index is 1170. The Labute approximate surface area is 180 Å². The minimum Gasteiger partial charge on any atom is -0.497 e. The molecule has 0 bridgehead atoms. The van der Waals surface area contributed by atoms with E-state index in [9.17, 15) is 13.2 Å². The van der Waals surface area contributed by atoms with Gasteiger partial charge in [-0.3, -0.25) is 4.79 Å². The molecule has 0 saturated heterocycles. The second-order valence-corrected chi connectivity index (χ2v) is 8.82. The molecule has 0 atom stereocenters. The molecule has 0 aromatic heterocycles. The van der Waals surface area contributed by atoms with Gasteiger partial charge in [0.05, 0.1) is 29.1 Å². The summed E-state index contributed by atoms with van der Waals surface area (Å²) in [6.07, 6.45) is 0. The lowest BCUT2D eigenvalue weighted by Gasteiger charge is -2.15. The van der Waals surface area contributed by atoms with Crippen LogP contribution in [0.1, 0.15) is 5.56 Å². The van der Waals surface area contributed by atoms with Gasteiger partial charge in [0.25, 0.3) is 0 Å². The van der Waals surface area contributed by atoms with Crippen molar-refractivity contribution < 1.29 is 17.9 Å². The Morgan fingerprint density at radius 2 is 1.73 bits per heavy atom. The summed E-state index contributed by atoms with van der Waals surface area (Å²) in [5, 5.41) is 6.24. The molecule has 0 aliphatic heterocycles. The van der Waals surface area contributed by atoms with E-state index in [-0.39, 0.29) is 22.2 Å². The zero-order valence-electron chi connectivity index (χ0n) is 16.5. The first-order valence-corrected chi connectivity index (χ1v) is 11.0. The number of rotatable bonds is 7. The lowest BCUT2D eigenvalue weighted by atomic mass is 10.2. The molecule has 30 heavy (non-hydrogen) atoms. The number of hydrogen-bond donors (Lipinski definition) is 2. The summed E-state index contributed by atoms with van der Waals surface area (Å²) in [6, 6.07) is 18.0. The molecule has 8 heteroatoms. The summed E-state index contributed by atoms with van der Waals surface area (Å²) in [6.45, 7) is 1.68. The van der Waals surface area contributed by atoms with Gasteiger partial charge in [-0.2, -0.15) is 0 Å². The molecule has 0 radical (unpaired) electrons. The van der Waals surface area contributed by atoms with Crippen molar-refractivity contribution in [2.24, 2.45) is 0 Å². The first-order valence-electron chi connectivity index (χ1n) is 9.10. The molecule has 2 N–H and O–H groups in total. The van der Waals surface area contributed by atoms with Gasteiger partial charge < -0.3 is 15.4 Å². The molecule has 0 unspecified atom stereocenters. The Balaban J connectivity index is 1.84. The summed E-state index contributed by atoms with van der Waals surface area (Å²) < 4.78 is 31.4. The molecule has 0 fully saturated rings. The fourth-order valence-electron chi connectivity index (χ4n) is 2.84. The van der Waals surface area contributed by atoms with Crippen LogP contribution in [0.25, 0.3) is 0 Å². The maximum absolute atomic E-state index is 13.1. The smallest absolute Gasteiger partial charge is 0.243 e. The Morgan fingerprint density at radius 1 is 1.00 bits per heavy atom. The van der Waals surface area contributed by atoms with Gasteiger partial charge in [0.2, 0.25) is 15.7 Å². The van der Waals surface area contributed by atoms with Crippen molar-refractivity contribution in [3.8, 4) is 5.75 Å². The maximum atomic E-state index is 13.1. The van der Waals surface area contributed by atoms with Gasteiger partial charge >= 0.3 is 0 Å². The summed E-state index contributed by atoms with van der Waals surface area (Å²) in [4.78, 5) is 12.6. The lowest BCUT2D eigenvalue weighted by molar-refractivity contribution is -0.114. The van der Waals surface area contributed by atoms with Crippen molar-refractivity contribution in [2.45, 2.75) is 16.7 Å². The van der Waals surface area contributed by atoms with E-state index in [0.29, 0.717) is 22.1 Å². The van der Waals surface area contributed by atoms with Gasteiger partial charge in [0.15, 0.2) is 0 Å². The zero-order chi connectivity index (χ0) is 21.7. The number of anilines is 2. The molecule has 6 nitrogen and oxygen atoms in total. The van der Waals surface area contributed by atoms with Crippen LogP contribution >= 0.6 is 11.6 Å². The SMILES string of the molecule is COc1ccc(NCC(=O)Nc2cccc(Cl)c2C)c(S(=O)(=O)c2ccccc2)c1. The number of carbonyl (C=O) groups excluding carboxylic acids is 1. The average Bonchev–Trinajstić information content (AvgIpc) is 2.76. The molecule has 156 valence electrons. The normalized spacial score (nSPS) is 11.0. The molecule has 0 aliphatic rings. The zero-order valence-corrected chi connectivity index (χ0v) is 18.0. The van der Waals surface area contributed by atoms with Crippen LogP contribution in [0.3, 0.4) is 0 Å². The van der Waals surface area contributed by atoms with E-state index in [1.165, 1.54) is 25.3 Å². The number of carbonyl (C=O) groups is 1. The number of methoxy groups -OCH3 is 1. The van der Waals surface area contributed by atoms with Gasteiger partial charge in [0.1, 0.15) is 5.75 Å². The van der Waals surface area contributed by atoms with Crippen molar-refractivity contribution >= 4 is 38.7 Å². The Morgan fingerprint density at radius 3 is 2.43 bits per heavy atom. The van der Waals surface area contributed by atoms with E-state index in [1.807, 2.05) is 0 Å². The third-order valence-corrected chi connectivity index (χ3v) is 6.73. The molecule has 0 heterocycles. The third-order valence-electron chi connectivity index (χ3n) is 4.51. The van der Waals surface area contributed by atoms with Gasteiger partial charge in [-0.1, -0.05) is 35.9 Å². The summed E-state index contributed by atoms with van der Waals surface area (Å²) >= 11 is 6.08. The largest absolute Gasteiger partial charge is 0.497 e. The van der Waals surface area contributed by atoms with Crippen LogP contribution < -0.4 is 15.4 Å². The van der Waals surface area contributed by atoms with E-state index in [4.69, 9.17) is 16.3 Å². The van der Waals surface area contributed by atoms with Crippen LogP contribution in [0.2, 0.25) is 5.02 Å². The number of hydrogen-bond acceptors (Lipinski definition) is 5. The van der Waals surface area contributed by atoms with E-state index < -0.39 is 9.84 Å². The molecular weight excluding hydrogens is 424 g/mol. The van der Waals surface area contributed by atoms with Crippen molar-refractivity contribution in [1.29, 1.82) is 0 Å². The number of ether oxygens (including phenoxy) is 1. The van der Waals surface area contributed by atoms with Crippen molar-refractivity contribution in [1.82, 2.24) is 0 Å². The van der Waals surface area contributed by atoms with E-state index in [1.54, 1.807) is 55.5 Å². The lowest BCUT2D eigenvalue weighted by Crippen LogP contribution is -2.23. The maximum Gasteiger partial charge on any atom is 0.243 e. The second-order valence-electron chi connectivity index (χ2n) is 6.49. The second kappa shape index (κ2) is 9.19. The van der Waals surface area contributed by atoms with E-state index in [2.05, 4.69) is 10.6 Å². The predicted molar refractivity (Wildman–Crippen MR) is 118 cm³/mol. The topological polar surface area (TPSA) is 84.5 Å². The highest BCUT2D eigenvalue weighted by molar-refractivity contribution is 7.91.